The van der Waals surface area contributed by atoms with Gasteiger partial charge in [-0.2, -0.15) is 0 Å². The van der Waals surface area contributed by atoms with Crippen LogP contribution in [-0.2, 0) is 11.3 Å². The van der Waals surface area contributed by atoms with Crippen LogP contribution in [0.4, 0.5) is 5.69 Å². The van der Waals surface area contributed by atoms with Gasteiger partial charge in [0.25, 0.3) is 0 Å². The third kappa shape index (κ3) is 3.51. The Labute approximate surface area is 121 Å². The number of nitrogens with two attached hydrogens (primary N) is 1. The normalized spacial score (nSPS) is 18.5. The van der Waals surface area contributed by atoms with Crippen molar-refractivity contribution in [2.75, 3.05) is 24.5 Å². The molecule has 4 nitrogen and oxygen atoms in total. The second-order valence-corrected chi connectivity index (χ2v) is 5.64. The Hall–Kier alpha value is -1.55. The predicted molar refractivity (Wildman–Crippen MR) is 82.7 cm³/mol. The fourth-order valence-electron chi connectivity index (χ4n) is 2.78. The summed E-state index contributed by atoms with van der Waals surface area (Å²) in [7, 11) is 0. The molecule has 1 aliphatic heterocycles. The summed E-state index contributed by atoms with van der Waals surface area (Å²) in [5.74, 6) is -0.182. The van der Waals surface area contributed by atoms with Gasteiger partial charge in [-0.3, -0.25) is 4.79 Å². The van der Waals surface area contributed by atoms with Gasteiger partial charge in [-0.25, -0.2) is 0 Å². The monoisotopic (exact) mass is 275 g/mol. The van der Waals surface area contributed by atoms with E-state index in [1.165, 1.54) is 16.8 Å². The van der Waals surface area contributed by atoms with Crippen LogP contribution in [0.5, 0.6) is 0 Å². The number of aryl methyl sites for hydroxylation is 1. The van der Waals surface area contributed by atoms with Crippen LogP contribution in [0.3, 0.4) is 0 Å². The molecule has 1 aromatic carbocycles. The van der Waals surface area contributed by atoms with Gasteiger partial charge in [0.15, 0.2) is 0 Å². The molecule has 0 aromatic heterocycles. The highest BCUT2D eigenvalue weighted by Gasteiger charge is 2.27. The van der Waals surface area contributed by atoms with Gasteiger partial charge < -0.3 is 16.0 Å². The van der Waals surface area contributed by atoms with Crippen LogP contribution in [0.1, 0.15) is 30.9 Å². The highest BCUT2D eigenvalue weighted by atomic mass is 16.1. The van der Waals surface area contributed by atoms with E-state index in [9.17, 15) is 4.79 Å². The summed E-state index contributed by atoms with van der Waals surface area (Å²) in [5.41, 5.74) is 9.24. The van der Waals surface area contributed by atoms with Crippen molar-refractivity contribution in [3.8, 4) is 0 Å². The maximum absolute atomic E-state index is 11.3. The average molecular weight is 275 g/mol. The van der Waals surface area contributed by atoms with Crippen molar-refractivity contribution < 1.29 is 4.79 Å². The summed E-state index contributed by atoms with van der Waals surface area (Å²) in [6.07, 6.45) is 2.00. The number of primary amides is 1. The van der Waals surface area contributed by atoms with Crippen molar-refractivity contribution in [2.24, 2.45) is 11.7 Å². The van der Waals surface area contributed by atoms with E-state index in [4.69, 9.17) is 5.73 Å². The van der Waals surface area contributed by atoms with E-state index < -0.39 is 0 Å². The number of nitrogens with one attached hydrogen (secondary N) is 1. The fourth-order valence-corrected chi connectivity index (χ4v) is 2.78. The molecule has 1 atom stereocenters. The van der Waals surface area contributed by atoms with Crippen molar-refractivity contribution in [1.82, 2.24) is 5.32 Å². The lowest BCUT2D eigenvalue weighted by molar-refractivity contribution is -0.121. The molecular formula is C16H25N3O. The Morgan fingerprint density at radius 2 is 2.30 bits per heavy atom. The van der Waals surface area contributed by atoms with Crippen molar-refractivity contribution in [1.29, 1.82) is 0 Å². The topological polar surface area (TPSA) is 58.4 Å². The molecule has 3 N–H and O–H groups in total. The number of carbonyl (C=O) groups excluding carboxylic acids is 1. The van der Waals surface area contributed by atoms with E-state index in [1.807, 2.05) is 0 Å². The second-order valence-electron chi connectivity index (χ2n) is 5.64. The van der Waals surface area contributed by atoms with E-state index in [-0.39, 0.29) is 11.8 Å². The van der Waals surface area contributed by atoms with Crippen LogP contribution in [0.2, 0.25) is 0 Å². The maximum atomic E-state index is 11.3. The second kappa shape index (κ2) is 6.75. The van der Waals surface area contributed by atoms with Crippen molar-refractivity contribution in [3.05, 3.63) is 29.3 Å². The third-order valence-electron chi connectivity index (χ3n) is 3.91. The molecule has 1 fully saturated rings. The molecule has 1 heterocycles. The van der Waals surface area contributed by atoms with E-state index in [1.54, 1.807) is 0 Å². The molecule has 20 heavy (non-hydrogen) atoms. The molecule has 1 aliphatic rings. The fraction of sp³-hybridized carbons (Fsp3) is 0.562. The number of hydrogen-bond donors (Lipinski definition) is 2. The van der Waals surface area contributed by atoms with Crippen LogP contribution >= 0.6 is 0 Å². The average Bonchev–Trinajstić information content (AvgIpc) is 2.89. The summed E-state index contributed by atoms with van der Waals surface area (Å²) in [5, 5.41) is 3.46. The maximum Gasteiger partial charge on any atom is 0.222 e. The number of carbonyl (C=O) groups is 1. The summed E-state index contributed by atoms with van der Waals surface area (Å²) < 4.78 is 0. The number of rotatable bonds is 6. The predicted octanol–water partition coefficient (Wildman–Crippen LogP) is 1.81. The van der Waals surface area contributed by atoms with Gasteiger partial charge in [0, 0.05) is 25.3 Å². The largest absolute Gasteiger partial charge is 0.370 e. The van der Waals surface area contributed by atoms with Gasteiger partial charge in [-0.05, 0) is 37.9 Å². The first-order chi connectivity index (χ1) is 9.61. The van der Waals surface area contributed by atoms with E-state index in [0.717, 1.165) is 39.0 Å². The van der Waals surface area contributed by atoms with Crippen LogP contribution in [0.25, 0.3) is 0 Å². The SMILES string of the molecule is CCCNCc1cc(C)ccc1N1CCC(C(N)=O)C1. The standard InChI is InChI=1S/C16H25N3O/c1-3-7-18-10-14-9-12(2)4-5-15(14)19-8-6-13(11-19)16(17)20/h4-5,9,13,18H,3,6-8,10-11H2,1-2H3,(H2,17,20). The number of benzene rings is 1. The summed E-state index contributed by atoms with van der Waals surface area (Å²) in [4.78, 5) is 13.6. The summed E-state index contributed by atoms with van der Waals surface area (Å²) >= 11 is 0. The van der Waals surface area contributed by atoms with Gasteiger partial charge in [0.05, 0.1) is 5.92 Å². The minimum Gasteiger partial charge on any atom is -0.370 e. The zero-order valence-electron chi connectivity index (χ0n) is 12.5. The van der Waals surface area contributed by atoms with Crippen LogP contribution in [-0.4, -0.2) is 25.5 Å². The Morgan fingerprint density at radius 1 is 1.50 bits per heavy atom. The number of amides is 1. The molecule has 1 saturated heterocycles. The smallest absolute Gasteiger partial charge is 0.222 e. The number of nitrogens with zero attached hydrogens (tertiary/aromatic N) is 1. The zero-order valence-corrected chi connectivity index (χ0v) is 12.5. The molecular weight excluding hydrogens is 250 g/mol. The van der Waals surface area contributed by atoms with Gasteiger partial charge >= 0.3 is 0 Å². The lowest BCUT2D eigenvalue weighted by atomic mass is 10.1. The first-order valence-corrected chi connectivity index (χ1v) is 7.46. The highest BCUT2D eigenvalue weighted by molar-refractivity contribution is 5.78. The third-order valence-corrected chi connectivity index (χ3v) is 3.91. The van der Waals surface area contributed by atoms with Crippen LogP contribution < -0.4 is 16.0 Å². The molecule has 110 valence electrons. The highest BCUT2D eigenvalue weighted by Crippen LogP contribution is 2.28. The minimum atomic E-state index is -0.176. The lowest BCUT2D eigenvalue weighted by Crippen LogP contribution is -2.28. The Kier molecular flexibility index (Phi) is 5.01. The molecule has 0 radical (unpaired) electrons. The molecule has 1 amide bonds. The van der Waals surface area contributed by atoms with E-state index in [2.05, 4.69) is 42.3 Å². The molecule has 0 saturated carbocycles. The number of anilines is 1. The Balaban J connectivity index is 2.12. The Bertz CT molecular complexity index is 473. The van der Waals surface area contributed by atoms with Crippen molar-refractivity contribution in [3.63, 3.8) is 0 Å². The minimum absolute atomic E-state index is 0.00671. The zero-order chi connectivity index (χ0) is 14.5. The summed E-state index contributed by atoms with van der Waals surface area (Å²) in [6, 6.07) is 6.54. The lowest BCUT2D eigenvalue weighted by Gasteiger charge is -2.22. The first-order valence-electron chi connectivity index (χ1n) is 7.46. The van der Waals surface area contributed by atoms with E-state index >= 15 is 0 Å². The van der Waals surface area contributed by atoms with Gasteiger partial charge in [-0.15, -0.1) is 0 Å². The molecule has 0 spiro atoms. The van der Waals surface area contributed by atoms with Gasteiger partial charge in [0.2, 0.25) is 5.91 Å². The van der Waals surface area contributed by atoms with Gasteiger partial charge in [0.1, 0.15) is 0 Å². The molecule has 0 aliphatic carbocycles. The van der Waals surface area contributed by atoms with Gasteiger partial charge in [-0.1, -0.05) is 24.6 Å². The molecule has 2 rings (SSSR count). The van der Waals surface area contributed by atoms with E-state index in [0.29, 0.717) is 0 Å². The molecule has 1 unspecified atom stereocenters. The van der Waals surface area contributed by atoms with Crippen molar-refractivity contribution >= 4 is 11.6 Å². The molecule has 0 bridgehead atoms. The Morgan fingerprint density at radius 3 is 2.95 bits per heavy atom. The molecule has 4 heteroatoms. The summed E-state index contributed by atoms with van der Waals surface area (Å²) in [6.45, 7) is 7.85. The first kappa shape index (κ1) is 14.9. The van der Waals surface area contributed by atoms with Crippen LogP contribution in [0.15, 0.2) is 18.2 Å². The van der Waals surface area contributed by atoms with Crippen LogP contribution in [0, 0.1) is 12.8 Å². The molecule has 1 aromatic rings. The number of hydrogen-bond acceptors (Lipinski definition) is 3. The quantitative estimate of drug-likeness (QED) is 0.778. The van der Waals surface area contributed by atoms with Crippen molar-refractivity contribution in [2.45, 2.75) is 33.2 Å².